The Morgan fingerprint density at radius 1 is 0.232 bits per heavy atom. The van der Waals surface area contributed by atoms with Crippen molar-refractivity contribution in [3.63, 3.8) is 0 Å². The minimum absolute atomic E-state index is 0.601. The third-order valence-electron chi connectivity index (χ3n) is 24.1. The van der Waals surface area contributed by atoms with Crippen molar-refractivity contribution < 1.29 is 0 Å². The molecule has 11 aliphatic carbocycles. The van der Waals surface area contributed by atoms with Gasteiger partial charge in [0.05, 0.1) is 0 Å². The molecule has 0 radical (unpaired) electrons. The van der Waals surface area contributed by atoms with E-state index in [1.807, 2.05) is 0 Å². The predicted molar refractivity (Wildman–Crippen MR) is 236 cm³/mol. The van der Waals surface area contributed by atoms with Crippen LogP contribution in [-0.2, 0) is 0 Å². The zero-order valence-electron chi connectivity index (χ0n) is 37.8. The predicted octanol–water partition coefficient (Wildman–Crippen LogP) is 16.2. The molecular weight excluding hydrogens is 673 g/mol. The molecule has 0 aromatic carbocycles. The molecule has 0 saturated heterocycles. The minimum Gasteiger partial charge on any atom is -0.0594 e. The molecule has 0 aromatic heterocycles. The van der Waals surface area contributed by atoms with E-state index in [2.05, 4.69) is 27.7 Å². The van der Waals surface area contributed by atoms with Crippen molar-refractivity contribution >= 4 is 0 Å². The molecule has 0 nitrogen and oxygen atoms in total. The SMILES string of the molecule is CC1(C)C2CCCCC2C2CCC(C3C4CCC(C5CCCCC5)CC4C(C4CCC5C6CCCCC6C(C)(C)C5C4)C4CCC(C5CCCCC5)CC43)CC21. The topological polar surface area (TPSA) is 0 Å². The molecule has 0 spiro atoms. The van der Waals surface area contributed by atoms with E-state index < -0.39 is 0 Å². The number of hydrogen-bond acceptors (Lipinski definition) is 0. The van der Waals surface area contributed by atoms with E-state index in [9.17, 15) is 0 Å². The Morgan fingerprint density at radius 3 is 1.00 bits per heavy atom. The summed E-state index contributed by atoms with van der Waals surface area (Å²) in [5.74, 6) is 21.6. The van der Waals surface area contributed by atoms with Gasteiger partial charge in [0, 0.05) is 0 Å². The zero-order chi connectivity index (χ0) is 37.8. The fourth-order valence-electron chi connectivity index (χ4n) is 22.1. The van der Waals surface area contributed by atoms with Gasteiger partial charge in [-0.3, -0.25) is 0 Å². The summed E-state index contributed by atoms with van der Waals surface area (Å²) in [5.41, 5.74) is 1.20. The van der Waals surface area contributed by atoms with Gasteiger partial charge in [0.15, 0.2) is 0 Å². The quantitative estimate of drug-likeness (QED) is 0.267. The molecule has 18 unspecified atom stereocenters. The lowest BCUT2D eigenvalue weighted by Crippen LogP contribution is -2.56. The van der Waals surface area contributed by atoms with Gasteiger partial charge in [-0.1, -0.05) is 118 Å². The van der Waals surface area contributed by atoms with Crippen molar-refractivity contribution in [2.24, 2.45) is 129 Å². The lowest BCUT2D eigenvalue weighted by atomic mass is 9.42. The van der Waals surface area contributed by atoms with Crippen LogP contribution in [0.1, 0.15) is 220 Å². The third kappa shape index (κ3) is 6.40. The van der Waals surface area contributed by atoms with Crippen molar-refractivity contribution in [3.05, 3.63) is 0 Å². The van der Waals surface area contributed by atoms with E-state index in [4.69, 9.17) is 0 Å². The average molecular weight is 765 g/mol. The molecule has 11 rings (SSSR count). The van der Waals surface area contributed by atoms with Gasteiger partial charge in [0.25, 0.3) is 0 Å². The highest BCUT2D eigenvalue weighted by molar-refractivity contribution is 5.12. The maximum absolute atomic E-state index is 2.82. The summed E-state index contributed by atoms with van der Waals surface area (Å²) in [6.45, 7) is 11.3. The fraction of sp³-hybridized carbons (Fsp3) is 1.00. The average Bonchev–Trinajstić information content (AvgIpc) is 3.62. The Kier molecular flexibility index (Phi) is 10.7. The molecule has 0 amide bonds. The minimum atomic E-state index is 0.601. The smallest absolute Gasteiger partial charge is 0.0292 e. The largest absolute Gasteiger partial charge is 0.0594 e. The monoisotopic (exact) mass is 765 g/mol. The van der Waals surface area contributed by atoms with Gasteiger partial charge in [-0.25, -0.2) is 0 Å². The standard InChI is InChI=1S/C56H92/c1-55(2)49-21-13-11-19-41(49)43-27-25-39(33-51(43)55)53-45-29-23-38(36-17-9-6-10-18-36)32-48(45)54(46-30-24-37(31-47(46)53)35-15-7-5-8-16-35)40-26-28-44-42-20-12-14-22-50(42)56(3,4)52(44)34-40/h35-54H,5-34H2,1-4H3. The molecule has 56 heavy (non-hydrogen) atoms. The number of hydrogen-bond donors (Lipinski definition) is 0. The summed E-state index contributed by atoms with van der Waals surface area (Å²) in [7, 11) is 0. The Hall–Kier alpha value is 0. The second-order valence-electron chi connectivity index (χ2n) is 26.2. The second-order valence-corrected chi connectivity index (χ2v) is 26.2. The first-order valence-electron chi connectivity index (χ1n) is 27.3. The highest BCUT2D eigenvalue weighted by atomic mass is 14.7. The van der Waals surface area contributed by atoms with E-state index >= 15 is 0 Å². The Balaban J connectivity index is 0.942. The molecule has 0 heterocycles. The summed E-state index contributed by atoms with van der Waals surface area (Å²) in [6.07, 6.45) is 48.1. The highest BCUT2D eigenvalue weighted by Crippen LogP contribution is 2.71. The maximum Gasteiger partial charge on any atom is -0.0292 e. The molecule has 0 heteroatoms. The van der Waals surface area contributed by atoms with Crippen LogP contribution in [0.2, 0.25) is 0 Å². The zero-order valence-corrected chi connectivity index (χ0v) is 37.8. The van der Waals surface area contributed by atoms with Gasteiger partial charge in [0.2, 0.25) is 0 Å². The molecule has 0 aromatic rings. The van der Waals surface area contributed by atoms with Crippen LogP contribution in [0, 0.1) is 129 Å². The normalized spacial score (nSPS) is 53.1. The lowest BCUT2D eigenvalue weighted by molar-refractivity contribution is -0.144. The molecule has 0 aliphatic heterocycles. The first-order valence-corrected chi connectivity index (χ1v) is 27.3. The van der Waals surface area contributed by atoms with Gasteiger partial charge in [-0.15, -0.1) is 0 Å². The van der Waals surface area contributed by atoms with Crippen molar-refractivity contribution in [3.8, 4) is 0 Å². The summed E-state index contributed by atoms with van der Waals surface area (Å²) in [6, 6.07) is 0. The van der Waals surface area contributed by atoms with Crippen molar-refractivity contribution in [2.45, 2.75) is 220 Å². The van der Waals surface area contributed by atoms with Crippen LogP contribution in [0.5, 0.6) is 0 Å². The molecule has 11 saturated carbocycles. The first kappa shape index (κ1) is 38.9. The highest BCUT2D eigenvalue weighted by Gasteiger charge is 2.63. The summed E-state index contributed by atoms with van der Waals surface area (Å²) in [5, 5.41) is 0. The maximum atomic E-state index is 2.82. The van der Waals surface area contributed by atoms with Gasteiger partial charge in [0.1, 0.15) is 0 Å². The van der Waals surface area contributed by atoms with Gasteiger partial charge < -0.3 is 0 Å². The molecule has 0 N–H and O–H groups in total. The van der Waals surface area contributed by atoms with Crippen molar-refractivity contribution in [1.82, 2.24) is 0 Å². The summed E-state index contributed by atoms with van der Waals surface area (Å²) in [4.78, 5) is 0. The van der Waals surface area contributed by atoms with Crippen LogP contribution in [0.4, 0.5) is 0 Å². The first-order chi connectivity index (χ1) is 27.3. The van der Waals surface area contributed by atoms with Crippen LogP contribution in [0.3, 0.4) is 0 Å². The molecular formula is C56H92. The molecule has 11 aliphatic rings. The van der Waals surface area contributed by atoms with E-state index in [-0.39, 0.29) is 0 Å². The number of fused-ring (bicyclic) bond motifs is 8. The Morgan fingerprint density at radius 2 is 0.571 bits per heavy atom. The summed E-state index contributed by atoms with van der Waals surface area (Å²) >= 11 is 0. The van der Waals surface area contributed by atoms with Crippen LogP contribution >= 0.6 is 0 Å². The van der Waals surface area contributed by atoms with Gasteiger partial charge >= 0.3 is 0 Å². The molecule has 11 fully saturated rings. The van der Waals surface area contributed by atoms with E-state index in [1.165, 1.54) is 25.7 Å². The third-order valence-corrected chi connectivity index (χ3v) is 24.1. The summed E-state index contributed by atoms with van der Waals surface area (Å²) < 4.78 is 0. The Bertz CT molecular complexity index is 1240. The van der Waals surface area contributed by atoms with E-state index in [1.54, 1.807) is 167 Å². The molecule has 18 atom stereocenters. The van der Waals surface area contributed by atoms with Crippen molar-refractivity contribution in [2.75, 3.05) is 0 Å². The number of rotatable bonds is 4. The van der Waals surface area contributed by atoms with Gasteiger partial charge in [-0.05, 0) is 232 Å². The lowest BCUT2D eigenvalue weighted by Gasteiger charge is -2.63. The van der Waals surface area contributed by atoms with Crippen LogP contribution in [0.25, 0.3) is 0 Å². The Labute approximate surface area is 348 Å². The van der Waals surface area contributed by atoms with Crippen molar-refractivity contribution in [1.29, 1.82) is 0 Å². The van der Waals surface area contributed by atoms with Crippen LogP contribution < -0.4 is 0 Å². The van der Waals surface area contributed by atoms with E-state index in [0.717, 1.165) is 118 Å². The van der Waals surface area contributed by atoms with Crippen LogP contribution in [0.15, 0.2) is 0 Å². The van der Waals surface area contributed by atoms with Crippen LogP contribution in [-0.4, -0.2) is 0 Å². The molecule has 316 valence electrons. The molecule has 0 bridgehead atoms. The second kappa shape index (κ2) is 15.4. The fourth-order valence-corrected chi connectivity index (χ4v) is 22.1. The van der Waals surface area contributed by atoms with Gasteiger partial charge in [-0.2, -0.15) is 0 Å². The van der Waals surface area contributed by atoms with E-state index in [0.29, 0.717) is 10.8 Å².